The third-order valence-electron chi connectivity index (χ3n) is 2.10. The first kappa shape index (κ1) is 11.3. The van der Waals surface area contributed by atoms with Crippen molar-refractivity contribution >= 4 is 17.4 Å². The average Bonchev–Trinajstić information content (AvgIpc) is 2.17. The zero-order valence-electron chi connectivity index (χ0n) is 8.76. The van der Waals surface area contributed by atoms with Gasteiger partial charge in [-0.2, -0.15) is 0 Å². The molecule has 0 aliphatic heterocycles. The van der Waals surface area contributed by atoms with Gasteiger partial charge in [-0.15, -0.1) is 11.6 Å². The highest BCUT2D eigenvalue weighted by atomic mass is 35.5. The molecule has 0 aliphatic carbocycles. The van der Waals surface area contributed by atoms with Crippen LogP contribution in [0.1, 0.15) is 25.3 Å². The summed E-state index contributed by atoms with van der Waals surface area (Å²) in [5, 5.41) is 3.45. The largest absolute Gasteiger partial charge is 0.368 e. The molecule has 0 aliphatic rings. The van der Waals surface area contributed by atoms with E-state index in [9.17, 15) is 0 Å². The summed E-state index contributed by atoms with van der Waals surface area (Å²) in [6, 6.07) is 3.98. The molecule has 1 aromatic heterocycles. The van der Waals surface area contributed by atoms with E-state index < -0.39 is 0 Å². The Kier molecular flexibility index (Phi) is 4.74. The van der Waals surface area contributed by atoms with Crippen LogP contribution in [0.2, 0.25) is 0 Å². The van der Waals surface area contributed by atoms with Gasteiger partial charge in [0.2, 0.25) is 0 Å². The van der Waals surface area contributed by atoms with E-state index in [1.165, 1.54) is 0 Å². The fourth-order valence-corrected chi connectivity index (χ4v) is 1.59. The van der Waals surface area contributed by atoms with Crippen LogP contribution >= 0.6 is 11.6 Å². The van der Waals surface area contributed by atoms with Crippen molar-refractivity contribution in [2.45, 2.75) is 32.1 Å². The fraction of sp³-hybridized carbons (Fsp3) is 0.545. The van der Waals surface area contributed by atoms with Crippen LogP contribution in [0, 0.1) is 6.92 Å². The highest BCUT2D eigenvalue weighted by Crippen LogP contribution is 2.11. The van der Waals surface area contributed by atoms with Crippen molar-refractivity contribution in [2.75, 3.05) is 11.9 Å². The first-order valence-electron chi connectivity index (χ1n) is 5.03. The summed E-state index contributed by atoms with van der Waals surface area (Å²) < 4.78 is 0. The molecule has 78 valence electrons. The number of rotatable bonds is 5. The Balaban J connectivity index is 2.41. The van der Waals surface area contributed by atoms with Crippen LogP contribution in [-0.2, 0) is 0 Å². The van der Waals surface area contributed by atoms with Gasteiger partial charge in [-0.05, 0) is 25.0 Å². The van der Waals surface area contributed by atoms with Crippen LogP contribution in [0.3, 0.4) is 0 Å². The second-order valence-electron chi connectivity index (χ2n) is 3.44. The molecule has 1 unspecified atom stereocenters. The molecule has 0 fully saturated rings. The molecule has 1 aromatic rings. The lowest BCUT2D eigenvalue weighted by Crippen LogP contribution is -2.15. The third-order valence-corrected chi connectivity index (χ3v) is 2.47. The van der Waals surface area contributed by atoms with Gasteiger partial charge < -0.3 is 5.32 Å². The summed E-state index contributed by atoms with van der Waals surface area (Å²) in [5.74, 6) is 0.939. The Morgan fingerprint density at radius 3 is 3.00 bits per heavy atom. The minimum absolute atomic E-state index is 0.196. The number of halogens is 1. The fourth-order valence-electron chi connectivity index (χ4n) is 1.29. The summed E-state index contributed by atoms with van der Waals surface area (Å²) in [6.07, 6.45) is 3.95. The highest BCUT2D eigenvalue weighted by molar-refractivity contribution is 6.20. The van der Waals surface area contributed by atoms with Gasteiger partial charge in [0.1, 0.15) is 5.82 Å². The summed E-state index contributed by atoms with van der Waals surface area (Å²) in [4.78, 5) is 4.24. The minimum atomic E-state index is 0.196. The first-order valence-corrected chi connectivity index (χ1v) is 5.47. The van der Waals surface area contributed by atoms with E-state index in [1.807, 2.05) is 19.1 Å². The van der Waals surface area contributed by atoms with Crippen molar-refractivity contribution in [1.29, 1.82) is 0 Å². The predicted octanol–water partition coefficient (Wildman–Crippen LogP) is 3.21. The van der Waals surface area contributed by atoms with Crippen LogP contribution in [0.5, 0.6) is 0 Å². The van der Waals surface area contributed by atoms with Crippen LogP contribution in [-0.4, -0.2) is 16.9 Å². The monoisotopic (exact) mass is 212 g/mol. The van der Waals surface area contributed by atoms with Gasteiger partial charge in [0.15, 0.2) is 0 Å². The SMILES string of the molecule is CCCC(Cl)CNc1ncccc1C. The smallest absolute Gasteiger partial charge is 0.128 e. The van der Waals surface area contributed by atoms with Crippen molar-refractivity contribution < 1.29 is 0 Å². The zero-order chi connectivity index (χ0) is 10.4. The number of hydrogen-bond donors (Lipinski definition) is 1. The number of nitrogens with zero attached hydrogens (tertiary/aromatic N) is 1. The van der Waals surface area contributed by atoms with Crippen molar-refractivity contribution in [1.82, 2.24) is 4.98 Å². The minimum Gasteiger partial charge on any atom is -0.368 e. The molecule has 0 spiro atoms. The Bertz CT molecular complexity index is 276. The molecule has 0 aromatic carbocycles. The van der Waals surface area contributed by atoms with Gasteiger partial charge in [-0.3, -0.25) is 0 Å². The molecule has 0 saturated carbocycles. The van der Waals surface area contributed by atoms with Crippen LogP contribution in [0.25, 0.3) is 0 Å². The standard InChI is InChI=1S/C11H17ClN2/c1-3-5-10(12)8-14-11-9(2)6-4-7-13-11/h4,6-7,10H,3,5,8H2,1-2H3,(H,13,14). The molecule has 14 heavy (non-hydrogen) atoms. The average molecular weight is 213 g/mol. The van der Waals surface area contributed by atoms with Gasteiger partial charge >= 0.3 is 0 Å². The number of alkyl halides is 1. The van der Waals surface area contributed by atoms with E-state index in [0.29, 0.717) is 0 Å². The van der Waals surface area contributed by atoms with Crippen molar-refractivity contribution in [3.8, 4) is 0 Å². The molecule has 1 atom stereocenters. The number of nitrogens with one attached hydrogen (secondary N) is 1. The molecule has 0 amide bonds. The van der Waals surface area contributed by atoms with Gasteiger partial charge in [-0.25, -0.2) is 4.98 Å². The van der Waals surface area contributed by atoms with E-state index in [-0.39, 0.29) is 5.38 Å². The van der Waals surface area contributed by atoms with Crippen molar-refractivity contribution in [2.24, 2.45) is 0 Å². The molecular weight excluding hydrogens is 196 g/mol. The van der Waals surface area contributed by atoms with Gasteiger partial charge in [0, 0.05) is 12.7 Å². The van der Waals surface area contributed by atoms with Gasteiger partial charge in [0.25, 0.3) is 0 Å². The van der Waals surface area contributed by atoms with E-state index >= 15 is 0 Å². The molecule has 2 nitrogen and oxygen atoms in total. The second-order valence-corrected chi connectivity index (χ2v) is 4.05. The lowest BCUT2D eigenvalue weighted by Gasteiger charge is -2.11. The van der Waals surface area contributed by atoms with E-state index in [1.54, 1.807) is 6.20 Å². The maximum absolute atomic E-state index is 6.09. The highest BCUT2D eigenvalue weighted by Gasteiger charge is 2.04. The van der Waals surface area contributed by atoms with Gasteiger partial charge in [-0.1, -0.05) is 19.4 Å². The Hall–Kier alpha value is -0.760. The molecule has 1 heterocycles. The predicted molar refractivity (Wildman–Crippen MR) is 62.0 cm³/mol. The topological polar surface area (TPSA) is 24.9 Å². The summed E-state index contributed by atoms with van der Waals surface area (Å²) >= 11 is 6.09. The number of aryl methyl sites for hydroxylation is 1. The molecule has 3 heteroatoms. The quantitative estimate of drug-likeness (QED) is 0.759. The normalized spacial score (nSPS) is 12.5. The number of pyridine rings is 1. The Morgan fingerprint density at radius 1 is 1.57 bits per heavy atom. The molecule has 0 bridgehead atoms. The van der Waals surface area contributed by atoms with E-state index in [2.05, 4.69) is 17.2 Å². The van der Waals surface area contributed by atoms with E-state index in [0.717, 1.165) is 30.8 Å². The number of aromatic nitrogens is 1. The summed E-state index contributed by atoms with van der Waals surface area (Å²) in [7, 11) is 0. The maximum Gasteiger partial charge on any atom is 0.128 e. The molecular formula is C11H17ClN2. The molecule has 0 saturated heterocycles. The lowest BCUT2D eigenvalue weighted by atomic mass is 10.2. The molecule has 0 radical (unpaired) electrons. The zero-order valence-corrected chi connectivity index (χ0v) is 9.51. The molecule has 1 N–H and O–H groups in total. The second kappa shape index (κ2) is 5.86. The van der Waals surface area contributed by atoms with Crippen molar-refractivity contribution in [3.63, 3.8) is 0 Å². The Morgan fingerprint density at radius 2 is 2.36 bits per heavy atom. The number of anilines is 1. The van der Waals surface area contributed by atoms with Gasteiger partial charge in [0.05, 0.1) is 5.38 Å². The Labute approximate surface area is 90.7 Å². The summed E-state index contributed by atoms with van der Waals surface area (Å²) in [5.41, 5.74) is 1.16. The van der Waals surface area contributed by atoms with Crippen molar-refractivity contribution in [3.05, 3.63) is 23.9 Å². The first-order chi connectivity index (χ1) is 6.74. The maximum atomic E-state index is 6.09. The summed E-state index contributed by atoms with van der Waals surface area (Å²) in [6.45, 7) is 4.97. The number of hydrogen-bond acceptors (Lipinski definition) is 2. The van der Waals surface area contributed by atoms with Crippen LogP contribution in [0.15, 0.2) is 18.3 Å². The molecule has 1 rings (SSSR count). The van der Waals surface area contributed by atoms with Crippen LogP contribution in [0.4, 0.5) is 5.82 Å². The lowest BCUT2D eigenvalue weighted by molar-refractivity contribution is 0.750. The third kappa shape index (κ3) is 3.54. The van der Waals surface area contributed by atoms with E-state index in [4.69, 9.17) is 11.6 Å². The van der Waals surface area contributed by atoms with Crippen LogP contribution < -0.4 is 5.32 Å².